The number of aromatic nitrogens is 2. The third-order valence-electron chi connectivity index (χ3n) is 1.37. The molecule has 0 aliphatic rings. The second kappa shape index (κ2) is 2.05. The highest BCUT2D eigenvalue weighted by Gasteiger charge is 1.91. The number of aromatic amines is 1. The zero-order valence-corrected chi connectivity index (χ0v) is 5.57. The number of rotatable bonds is 1. The monoisotopic (exact) mass is 122 g/mol. The van der Waals surface area contributed by atoms with Gasteiger partial charge in [-0.05, 0) is 6.42 Å². The van der Waals surface area contributed by atoms with Gasteiger partial charge in [-0.1, -0.05) is 20.1 Å². The minimum absolute atomic E-state index is 0.826. The van der Waals surface area contributed by atoms with E-state index in [2.05, 4.69) is 23.4 Å². The van der Waals surface area contributed by atoms with Gasteiger partial charge in [-0.2, -0.15) is 5.10 Å². The maximum Gasteiger partial charge on any atom is 0.0691 e. The summed E-state index contributed by atoms with van der Waals surface area (Å²) in [5.41, 5.74) is 1.01. The van der Waals surface area contributed by atoms with Gasteiger partial charge in [0.25, 0.3) is 0 Å². The molecule has 0 radical (unpaired) electrons. The van der Waals surface area contributed by atoms with Crippen LogP contribution in [0.1, 0.15) is 12.6 Å². The van der Waals surface area contributed by atoms with Crippen molar-refractivity contribution in [3.63, 3.8) is 0 Å². The van der Waals surface area contributed by atoms with E-state index < -0.39 is 0 Å². The molecule has 0 aliphatic heterocycles. The van der Waals surface area contributed by atoms with E-state index in [1.54, 1.807) is 0 Å². The normalized spacial score (nSPS) is 9.89. The molecule has 0 aromatic carbocycles. The molecule has 0 saturated carbocycles. The summed E-state index contributed by atoms with van der Waals surface area (Å²) in [7, 11) is 0. The van der Waals surface area contributed by atoms with Gasteiger partial charge >= 0.3 is 0 Å². The topological polar surface area (TPSA) is 28.7 Å². The van der Waals surface area contributed by atoms with E-state index in [1.807, 2.05) is 6.92 Å². The maximum atomic E-state index is 3.98. The Hall–Kier alpha value is -1.05. The number of aryl methyl sites for hydroxylation is 1. The molecule has 0 spiro atoms. The summed E-state index contributed by atoms with van der Waals surface area (Å²) in [5.74, 6) is 0. The fraction of sp³-hybridized carbons (Fsp3) is 0.286. The van der Waals surface area contributed by atoms with E-state index in [4.69, 9.17) is 0 Å². The van der Waals surface area contributed by atoms with Crippen LogP contribution in [0.4, 0.5) is 0 Å². The predicted octanol–water partition coefficient (Wildman–Crippen LogP) is -0.207. The van der Waals surface area contributed by atoms with Gasteiger partial charge in [-0.25, -0.2) is 0 Å². The molecule has 0 aliphatic carbocycles. The molecule has 0 atom stereocenters. The Morgan fingerprint density at radius 2 is 2.22 bits per heavy atom. The van der Waals surface area contributed by atoms with Crippen LogP contribution < -0.4 is 10.6 Å². The summed E-state index contributed by atoms with van der Waals surface area (Å²) in [5, 5.41) is 8.52. The Kier molecular flexibility index (Phi) is 1.39. The quantitative estimate of drug-likeness (QED) is 0.548. The van der Waals surface area contributed by atoms with Crippen molar-refractivity contribution in [1.82, 2.24) is 10.2 Å². The molecular formula is C7H10N2. The van der Waals surface area contributed by atoms with E-state index in [0.717, 1.165) is 22.7 Å². The van der Waals surface area contributed by atoms with Crippen LogP contribution in [0.25, 0.3) is 13.2 Å². The molecular weight excluding hydrogens is 112 g/mol. The highest BCUT2D eigenvalue weighted by Crippen LogP contribution is 1.77. The van der Waals surface area contributed by atoms with Gasteiger partial charge < -0.3 is 0 Å². The Bertz CT molecular complexity index is 284. The second-order valence-electron chi connectivity index (χ2n) is 1.98. The van der Waals surface area contributed by atoms with Gasteiger partial charge in [0, 0.05) is 5.22 Å². The Labute approximate surface area is 53.9 Å². The summed E-state index contributed by atoms with van der Waals surface area (Å²) in [6, 6.07) is 0. The van der Waals surface area contributed by atoms with Crippen LogP contribution in [0.5, 0.6) is 0 Å². The molecule has 1 heterocycles. The lowest BCUT2D eigenvalue weighted by Gasteiger charge is -1.80. The van der Waals surface area contributed by atoms with E-state index in [0.29, 0.717) is 0 Å². The number of nitrogens with zero attached hydrogens (tertiary/aromatic N) is 1. The first-order chi connectivity index (χ1) is 4.25. The summed E-state index contributed by atoms with van der Waals surface area (Å²) in [6.07, 6.45) is 0.921. The average Bonchev–Trinajstić information content (AvgIpc) is 2.15. The van der Waals surface area contributed by atoms with Crippen molar-refractivity contribution < 1.29 is 0 Å². The van der Waals surface area contributed by atoms with E-state index in [9.17, 15) is 0 Å². The number of H-pyrrole nitrogens is 1. The van der Waals surface area contributed by atoms with Crippen LogP contribution in [-0.4, -0.2) is 10.2 Å². The minimum Gasteiger partial charge on any atom is -0.278 e. The van der Waals surface area contributed by atoms with E-state index in [1.165, 1.54) is 0 Å². The Morgan fingerprint density at radius 1 is 1.56 bits per heavy atom. The summed E-state index contributed by atoms with van der Waals surface area (Å²) >= 11 is 0. The number of hydrogen-bond donors (Lipinski definition) is 1. The van der Waals surface area contributed by atoms with Gasteiger partial charge in [-0.15, -0.1) is 0 Å². The van der Waals surface area contributed by atoms with Crippen molar-refractivity contribution in [2.24, 2.45) is 0 Å². The smallest absolute Gasteiger partial charge is 0.0691 e. The Morgan fingerprint density at radius 3 is 2.44 bits per heavy atom. The molecule has 2 heteroatoms. The fourth-order valence-corrected chi connectivity index (χ4v) is 0.737. The predicted molar refractivity (Wildman–Crippen MR) is 38.3 cm³/mol. The first-order valence-electron chi connectivity index (χ1n) is 2.96. The average molecular weight is 122 g/mol. The minimum atomic E-state index is 0.826. The zero-order chi connectivity index (χ0) is 6.85. The van der Waals surface area contributed by atoms with Crippen molar-refractivity contribution in [2.45, 2.75) is 13.3 Å². The van der Waals surface area contributed by atoms with Gasteiger partial charge in [-0.3, -0.25) is 5.10 Å². The fourth-order valence-electron chi connectivity index (χ4n) is 0.737. The van der Waals surface area contributed by atoms with E-state index >= 15 is 0 Å². The van der Waals surface area contributed by atoms with Gasteiger partial charge in [0.1, 0.15) is 0 Å². The molecule has 0 amide bonds. The lowest BCUT2D eigenvalue weighted by atomic mass is 10.3. The molecule has 0 bridgehead atoms. The molecule has 1 aromatic heterocycles. The molecule has 0 unspecified atom stereocenters. The van der Waals surface area contributed by atoms with Gasteiger partial charge in [0.05, 0.1) is 11.0 Å². The summed E-state index contributed by atoms with van der Waals surface area (Å²) in [6.45, 7) is 9.55. The lowest BCUT2D eigenvalue weighted by molar-refractivity contribution is 0.964. The highest BCUT2D eigenvalue weighted by atomic mass is 15.1. The van der Waals surface area contributed by atoms with Crippen molar-refractivity contribution in [1.29, 1.82) is 0 Å². The van der Waals surface area contributed by atoms with Crippen LogP contribution >= 0.6 is 0 Å². The standard InChI is InChI=1S/C7H10N2/c1-4-7-5(2)6(3)8-9-7/h8H,2-4H2,1H3. The summed E-state index contributed by atoms with van der Waals surface area (Å²) in [4.78, 5) is 0. The lowest BCUT2D eigenvalue weighted by Crippen LogP contribution is -2.20. The van der Waals surface area contributed by atoms with Gasteiger partial charge in [0.15, 0.2) is 0 Å². The van der Waals surface area contributed by atoms with Crippen LogP contribution in [0.15, 0.2) is 0 Å². The second-order valence-corrected chi connectivity index (χ2v) is 1.98. The van der Waals surface area contributed by atoms with Crippen molar-refractivity contribution in [2.75, 3.05) is 0 Å². The highest BCUT2D eigenvalue weighted by molar-refractivity contribution is 5.13. The molecule has 2 nitrogen and oxygen atoms in total. The number of hydrogen-bond acceptors (Lipinski definition) is 1. The largest absolute Gasteiger partial charge is 0.278 e. The molecule has 0 fully saturated rings. The van der Waals surface area contributed by atoms with Crippen molar-refractivity contribution in [3.05, 3.63) is 16.3 Å². The molecule has 1 aromatic rings. The molecule has 1 rings (SSSR count). The Balaban J connectivity index is 3.37. The van der Waals surface area contributed by atoms with Crippen LogP contribution in [0, 0.1) is 0 Å². The molecule has 0 saturated heterocycles. The van der Waals surface area contributed by atoms with Crippen molar-refractivity contribution >= 4 is 13.2 Å². The van der Waals surface area contributed by atoms with Crippen LogP contribution in [-0.2, 0) is 6.42 Å². The SMILES string of the molecule is C=c1[nH]nc(CC)c1=C. The van der Waals surface area contributed by atoms with Gasteiger partial charge in [0.2, 0.25) is 0 Å². The zero-order valence-electron chi connectivity index (χ0n) is 5.57. The van der Waals surface area contributed by atoms with Crippen LogP contribution in [0.2, 0.25) is 0 Å². The first kappa shape index (κ1) is 6.08. The molecule has 1 N–H and O–H groups in total. The molecule has 9 heavy (non-hydrogen) atoms. The molecule has 48 valence electrons. The number of nitrogens with one attached hydrogen (secondary N) is 1. The van der Waals surface area contributed by atoms with Crippen LogP contribution in [0.3, 0.4) is 0 Å². The third kappa shape index (κ3) is 0.875. The van der Waals surface area contributed by atoms with Crippen molar-refractivity contribution in [3.8, 4) is 0 Å². The summed E-state index contributed by atoms with van der Waals surface area (Å²) < 4.78 is 0. The third-order valence-corrected chi connectivity index (χ3v) is 1.37. The maximum absolute atomic E-state index is 3.98. The van der Waals surface area contributed by atoms with E-state index in [-0.39, 0.29) is 0 Å². The first-order valence-corrected chi connectivity index (χ1v) is 2.96.